The molecule has 390 valence electrons. The van der Waals surface area contributed by atoms with Gasteiger partial charge in [-0.3, -0.25) is 0 Å². The van der Waals surface area contributed by atoms with Crippen molar-refractivity contribution in [2.24, 2.45) is 0 Å². The first kappa shape index (κ1) is 62.1. The van der Waals surface area contributed by atoms with Gasteiger partial charge in [-0.1, -0.05) is 43.5 Å². The Morgan fingerprint density at radius 3 is 0.986 bits per heavy atom. The van der Waals surface area contributed by atoms with E-state index in [1.165, 1.54) is 11.8 Å². The predicted octanol–water partition coefficient (Wildman–Crippen LogP) is 12.2. The molecule has 0 amide bonds. The summed E-state index contributed by atoms with van der Waals surface area (Å²) in [5, 5.41) is 30.9. The normalized spacial score (nSPS) is 10.2. The van der Waals surface area contributed by atoms with Gasteiger partial charge in [-0.05, 0) is 140 Å². The van der Waals surface area contributed by atoms with Crippen LogP contribution in [-0.2, 0) is 0 Å². The van der Waals surface area contributed by atoms with Crippen LogP contribution >= 0.6 is 60.0 Å². The fourth-order valence-corrected chi connectivity index (χ4v) is 7.86. The largest absolute Gasteiger partial charge is 0.396 e. The maximum atomic E-state index is 9.26. The van der Waals surface area contributed by atoms with Crippen molar-refractivity contribution in [1.29, 1.82) is 0 Å². The average molecular weight is 1150 g/mol. The van der Waals surface area contributed by atoms with Crippen LogP contribution < -0.4 is 40.9 Å². The van der Waals surface area contributed by atoms with Gasteiger partial charge in [0.05, 0.1) is 13.2 Å². The van der Waals surface area contributed by atoms with E-state index < -0.39 is 0 Å². The number of benzene rings is 4. The van der Waals surface area contributed by atoms with E-state index in [1.807, 2.05) is 48.5 Å². The van der Waals surface area contributed by atoms with Crippen LogP contribution in [-0.4, -0.2) is 117 Å². The van der Waals surface area contributed by atoms with E-state index in [1.54, 1.807) is 0 Å². The number of aliphatic hydroxyl groups is 2. The second-order valence-corrected chi connectivity index (χ2v) is 16.8. The third-order valence-corrected chi connectivity index (χ3v) is 11.8. The monoisotopic (exact) mass is 1140 g/mol. The summed E-state index contributed by atoms with van der Waals surface area (Å²) in [7, 11) is 0. The maximum absolute atomic E-state index is 9.26. The van der Waals surface area contributed by atoms with Crippen LogP contribution in [0, 0.1) is 0 Å². The summed E-state index contributed by atoms with van der Waals surface area (Å²) in [4.78, 5) is 35.8. The van der Waals surface area contributed by atoms with E-state index in [0.29, 0.717) is 40.5 Å². The lowest BCUT2D eigenvalue weighted by atomic mass is 10.2. The minimum atomic E-state index is 0. The standard InChI is InChI=1S/C25H35N7OS.C23H30ClN7.C2H6OS.CH4.HI.H2/c1-5-31(6-2)21-13-9-11-19(17-21)26-23-28-24(30-25(29-23)34-16-15-33)27-20-12-10-14-22(18-20)32(7-3)8-4;1-5-30(6-2)19-13-9-11-17(15-19)25-22-27-21(24)28-23(29-22)26-18-12-10-14-20(16-18)31(7-3)8-4;3-1-2-4;;;/h9-14,17-18,33H,5-8,15-16H2,1-4H3,(H2,26,27,28,29,30);9-16H,5-8H2,1-4H3,(H2,25,26,27,28,29);3-4H,1-2H2;1H4;2*1H. The number of hydrogen-bond acceptors (Lipinski definition) is 18. The van der Waals surface area contributed by atoms with E-state index in [4.69, 9.17) is 16.7 Å². The summed E-state index contributed by atoms with van der Waals surface area (Å²) in [6.45, 7) is 24.9. The quantitative estimate of drug-likeness (QED) is 0.0173. The van der Waals surface area contributed by atoms with Gasteiger partial charge in [-0.25, -0.2) is 0 Å². The molecule has 0 bridgehead atoms. The highest BCUT2D eigenvalue weighted by Gasteiger charge is 2.13. The summed E-state index contributed by atoms with van der Waals surface area (Å²) in [6, 6.07) is 32.7. The summed E-state index contributed by atoms with van der Waals surface area (Å²) < 4.78 is 0. The van der Waals surface area contributed by atoms with Crippen LogP contribution in [0.25, 0.3) is 0 Å². The molecule has 6 N–H and O–H groups in total. The number of anilines is 12. The highest BCUT2D eigenvalue weighted by molar-refractivity contribution is 14.0. The molecule has 0 radical (unpaired) electrons. The number of nitrogens with one attached hydrogen (secondary N) is 4. The molecule has 0 aliphatic heterocycles. The average Bonchev–Trinajstić information content (AvgIpc) is 3.35. The molecular formula is C51H78ClIN14O2S2. The summed E-state index contributed by atoms with van der Waals surface area (Å²) in [5.41, 5.74) is 8.16. The zero-order valence-electron chi connectivity index (χ0n) is 41.7. The van der Waals surface area contributed by atoms with Gasteiger partial charge >= 0.3 is 0 Å². The Kier molecular flexibility index (Phi) is 30.0. The molecule has 0 aliphatic rings. The first-order valence-electron chi connectivity index (χ1n) is 23.7. The van der Waals surface area contributed by atoms with Crippen molar-refractivity contribution in [1.82, 2.24) is 29.9 Å². The fraction of sp³-hybridized carbons (Fsp3) is 0.412. The number of aliphatic hydroxyl groups excluding tert-OH is 2. The maximum Gasteiger partial charge on any atom is 0.233 e. The second kappa shape index (κ2) is 34.3. The zero-order valence-corrected chi connectivity index (χ0v) is 46.5. The van der Waals surface area contributed by atoms with Crippen LogP contribution in [0.3, 0.4) is 0 Å². The van der Waals surface area contributed by atoms with Gasteiger partial charge in [-0.15, -0.1) is 24.0 Å². The number of thioether (sulfide) groups is 1. The molecule has 0 saturated heterocycles. The lowest BCUT2D eigenvalue weighted by Crippen LogP contribution is -2.21. The molecule has 6 aromatic rings. The van der Waals surface area contributed by atoms with Gasteiger partial charge in [0.2, 0.25) is 29.1 Å². The minimum absolute atomic E-state index is 0. The molecule has 0 aliphatic carbocycles. The van der Waals surface area contributed by atoms with E-state index >= 15 is 0 Å². The van der Waals surface area contributed by atoms with E-state index in [0.717, 1.165) is 97.9 Å². The van der Waals surface area contributed by atoms with Crippen molar-refractivity contribution in [2.45, 2.75) is 68.0 Å². The summed E-state index contributed by atoms with van der Waals surface area (Å²) in [5.74, 6) is 2.76. The van der Waals surface area contributed by atoms with Gasteiger partial charge in [0, 0.05) is 111 Å². The van der Waals surface area contributed by atoms with Crippen molar-refractivity contribution in [3.63, 3.8) is 0 Å². The molecule has 0 unspecified atom stereocenters. The Morgan fingerprint density at radius 2 is 0.746 bits per heavy atom. The topological polar surface area (TPSA) is 179 Å². The van der Waals surface area contributed by atoms with Gasteiger partial charge < -0.3 is 51.1 Å². The first-order valence-corrected chi connectivity index (χ1v) is 25.7. The van der Waals surface area contributed by atoms with Crippen LogP contribution in [0.1, 0.15) is 64.2 Å². The lowest BCUT2D eigenvalue weighted by molar-refractivity contribution is 0.322. The van der Waals surface area contributed by atoms with Gasteiger partial charge in [-0.2, -0.15) is 42.5 Å². The van der Waals surface area contributed by atoms with Crippen molar-refractivity contribution in [2.75, 3.05) is 118 Å². The number of nitrogens with zero attached hydrogens (tertiary/aromatic N) is 10. The van der Waals surface area contributed by atoms with Gasteiger partial charge in [0.15, 0.2) is 5.16 Å². The Labute approximate surface area is 456 Å². The number of rotatable bonds is 24. The third-order valence-electron chi connectivity index (χ3n) is 10.6. The van der Waals surface area contributed by atoms with Crippen LogP contribution in [0.4, 0.5) is 69.3 Å². The molecule has 2 heterocycles. The number of aromatic nitrogens is 6. The highest BCUT2D eigenvalue weighted by Crippen LogP contribution is 2.28. The number of halogens is 2. The number of thiol groups is 1. The molecule has 0 fully saturated rings. The van der Waals surface area contributed by atoms with Crippen molar-refractivity contribution < 1.29 is 11.6 Å². The molecule has 4 aromatic carbocycles. The molecule has 0 spiro atoms. The zero-order chi connectivity index (χ0) is 50.0. The van der Waals surface area contributed by atoms with Crippen LogP contribution in [0.5, 0.6) is 0 Å². The third kappa shape index (κ3) is 20.5. The molecular weight excluding hydrogens is 1070 g/mol. The molecule has 0 atom stereocenters. The highest BCUT2D eigenvalue weighted by atomic mass is 127. The predicted molar refractivity (Wildman–Crippen MR) is 321 cm³/mol. The lowest BCUT2D eigenvalue weighted by Gasteiger charge is -2.22. The summed E-state index contributed by atoms with van der Waals surface area (Å²) >= 11 is 11.2. The molecule has 20 heteroatoms. The molecule has 2 aromatic heterocycles. The molecule has 6 rings (SSSR count). The van der Waals surface area contributed by atoms with E-state index in [2.05, 4.69) is 187 Å². The van der Waals surface area contributed by atoms with Crippen LogP contribution in [0.2, 0.25) is 5.28 Å². The Bertz CT molecular complexity index is 2270. The van der Waals surface area contributed by atoms with E-state index in [9.17, 15) is 5.11 Å². The Balaban J connectivity index is 0.000000647. The second-order valence-electron chi connectivity index (χ2n) is 14.9. The smallest absolute Gasteiger partial charge is 0.233 e. The van der Waals surface area contributed by atoms with Gasteiger partial charge in [0.25, 0.3) is 0 Å². The van der Waals surface area contributed by atoms with E-state index in [-0.39, 0.29) is 51.3 Å². The van der Waals surface area contributed by atoms with Crippen LogP contribution in [0.15, 0.2) is 102 Å². The fourth-order valence-electron chi connectivity index (χ4n) is 7.12. The Hall–Kier alpha value is -5.06. The van der Waals surface area contributed by atoms with Crippen molar-refractivity contribution in [3.8, 4) is 0 Å². The molecule has 71 heavy (non-hydrogen) atoms. The first-order chi connectivity index (χ1) is 33.6. The SMILES string of the molecule is C.CCN(CC)c1cccc(Nc2nc(Cl)nc(Nc3cccc(N(CC)CC)c3)n2)c1.CCN(CC)c1cccc(Nc2nc(Nc3cccc(N(CC)CC)c3)nc(SCCO)n2)c1.I.OCCS.[HH]. The Morgan fingerprint density at radius 1 is 0.479 bits per heavy atom. The van der Waals surface area contributed by atoms with Gasteiger partial charge in [0.1, 0.15) is 0 Å². The van der Waals surface area contributed by atoms with Crippen molar-refractivity contribution in [3.05, 3.63) is 102 Å². The number of hydrogen-bond donors (Lipinski definition) is 7. The minimum Gasteiger partial charge on any atom is -0.396 e. The molecule has 16 nitrogen and oxygen atoms in total. The molecule has 0 saturated carbocycles. The summed E-state index contributed by atoms with van der Waals surface area (Å²) in [6.07, 6.45) is 0. The van der Waals surface area contributed by atoms with Crippen molar-refractivity contribution >= 4 is 129 Å².